The van der Waals surface area contributed by atoms with Gasteiger partial charge >= 0.3 is 48.8 Å². The zero-order valence-corrected chi connectivity index (χ0v) is 45.3. The summed E-state index contributed by atoms with van der Waals surface area (Å²) in [6, 6.07) is 0. The number of aromatic amines is 2. The van der Waals surface area contributed by atoms with E-state index in [1.165, 1.54) is 22.5 Å². The topological polar surface area (TPSA) is 574 Å². The van der Waals surface area contributed by atoms with E-state index >= 15 is 0 Å². The summed E-state index contributed by atoms with van der Waals surface area (Å²) in [5.41, 5.74) is 15.4. The van der Waals surface area contributed by atoms with Crippen molar-refractivity contribution in [2.24, 2.45) is 7.05 Å². The Morgan fingerprint density at radius 1 is 0.642 bits per heavy atom. The van der Waals surface area contributed by atoms with Crippen molar-refractivity contribution in [1.29, 1.82) is 0 Å². The second kappa shape index (κ2) is 22.6. The van der Waals surface area contributed by atoms with Crippen LogP contribution in [0.5, 0.6) is 0 Å². The number of carbonyl (C=O) groups is 2. The molecule has 14 N–H and O–H groups in total. The monoisotopic (exact) mass is 1230 g/mol. The molecular weight excluding hydrogens is 1180 g/mol. The second-order valence-electron chi connectivity index (χ2n) is 17.6. The lowest BCUT2D eigenvalue weighted by Crippen LogP contribution is -2.40. The maximum Gasteiger partial charge on any atom is 0.490 e. The molecule has 3 saturated heterocycles. The van der Waals surface area contributed by atoms with Crippen LogP contribution >= 0.6 is 31.3 Å². The number of aliphatic hydroxyl groups is 2. The third-order valence-electron chi connectivity index (χ3n) is 12.1. The molecule has 0 radical (unpaired) electrons. The summed E-state index contributed by atoms with van der Waals surface area (Å²) in [6.45, 7) is -1.56. The number of esters is 2. The SMILES string of the molecule is COC1C(OP(=O)(O)OC[C@H]2O[C@@H](n3cnc4c(=O)[nH]c(N)nc43)C(O)C2O)[C@@H](COP(=O)(O)OP(=O)(O)OP(=O)(O)OC[C@H]2O[C@@H](n3c[n+](C)c4c(=O)[nH]c(N)nc43)C(OC(C)=O)C2OC(C)=O)O[C@H]1n1cnc2c(N)ncnc21. The summed E-state index contributed by atoms with van der Waals surface area (Å²) in [5, 5.41) is 21.8. The standard InChI is InChI=1S/C36H47N15O26P4/c1-12(52)70-22-15(73-34(25(22)71-13(2)53)51-11-48(3)19-29(51)45-36(39)47-31(19)57)6-68-79(60,61)76-81(64,65)77-80(62,63)69-7-16-23(24(66-4)33(74-16)49-9-42-17-26(37)40-8-41-27(17)49)75-78(58,59)67-5-14-20(54)21(55)32(72-14)50-10-43-18-28(50)44-35(38)46-30(18)56/h8-11,14-16,20-25,32-34,54-55H,5-7H2,1-4H3,(H11-,37,38,39,40,41,44,45,46,47,56,57,58,59,60,61,62,63,64,65)/p+1/t14-,15-,16-,20?,21?,22?,23?,24?,25?,32-,33-,34-/m1/s1. The number of fused-ring (bicyclic) bond motifs is 3. The van der Waals surface area contributed by atoms with Crippen LogP contribution in [0.25, 0.3) is 33.5 Å². The number of nitrogens with one attached hydrogen (secondary N) is 2. The van der Waals surface area contributed by atoms with E-state index in [0.29, 0.717) is 0 Å². The summed E-state index contributed by atoms with van der Waals surface area (Å²) in [7, 11) is -21.2. The molecule has 16 atom stereocenters. The molecule has 6 aromatic rings. The fourth-order valence-electron chi connectivity index (χ4n) is 8.91. The van der Waals surface area contributed by atoms with Gasteiger partial charge in [-0.2, -0.15) is 23.2 Å². The first-order valence-corrected chi connectivity index (χ1v) is 28.9. The van der Waals surface area contributed by atoms with Gasteiger partial charge in [-0.3, -0.25) is 56.4 Å². The van der Waals surface area contributed by atoms with Crippen LogP contribution in [-0.2, 0) is 90.0 Å². The van der Waals surface area contributed by atoms with Gasteiger partial charge < -0.3 is 75.4 Å². The van der Waals surface area contributed by atoms with Crippen molar-refractivity contribution < 1.29 is 117 Å². The Morgan fingerprint density at radius 3 is 1.78 bits per heavy atom. The first kappa shape index (κ1) is 59.5. The molecule has 3 aliphatic rings. The first-order valence-electron chi connectivity index (χ1n) is 22.9. The predicted molar refractivity (Wildman–Crippen MR) is 258 cm³/mol. The van der Waals surface area contributed by atoms with Gasteiger partial charge in [0.05, 0.1) is 39.5 Å². The number of aryl methyl sites for hydroxylation is 1. The van der Waals surface area contributed by atoms with Crippen LogP contribution in [0.4, 0.5) is 17.7 Å². The quantitative estimate of drug-likeness (QED) is 0.0189. The largest absolute Gasteiger partial charge is 0.490 e. The lowest BCUT2D eigenvalue weighted by atomic mass is 10.1. The number of ether oxygens (including phenoxy) is 6. The lowest BCUT2D eigenvalue weighted by molar-refractivity contribution is -0.646. The van der Waals surface area contributed by atoms with E-state index in [1.54, 1.807) is 0 Å². The highest BCUT2D eigenvalue weighted by Crippen LogP contribution is 2.68. The maximum absolute atomic E-state index is 13.7. The number of aliphatic hydroxyl groups excluding tert-OH is 2. The molecule has 0 bridgehead atoms. The fraction of sp³-hybridized carbons (Fsp3) is 0.528. The molecule has 9 rings (SSSR count). The van der Waals surface area contributed by atoms with Gasteiger partial charge in [-0.15, -0.1) is 0 Å². The third-order valence-corrected chi connectivity index (χ3v) is 17.3. The molecule has 81 heavy (non-hydrogen) atoms. The Hall–Kier alpha value is -6.13. The number of nitrogens with zero attached hydrogens (tertiary/aromatic N) is 10. The number of H-pyrrole nitrogens is 2. The summed E-state index contributed by atoms with van der Waals surface area (Å²) in [5.74, 6) is -2.71. The normalized spacial score (nSPS) is 28.9. The van der Waals surface area contributed by atoms with Gasteiger partial charge in [0.2, 0.25) is 30.6 Å². The summed E-state index contributed by atoms with van der Waals surface area (Å²) < 4.78 is 121. The molecule has 6 aromatic heterocycles. The Bertz CT molecular complexity index is 3730. The van der Waals surface area contributed by atoms with Crippen LogP contribution in [0.1, 0.15) is 32.5 Å². The van der Waals surface area contributed by atoms with Crippen molar-refractivity contribution in [3.8, 4) is 0 Å². The highest BCUT2D eigenvalue weighted by Gasteiger charge is 2.56. The van der Waals surface area contributed by atoms with Gasteiger partial charge in [0.15, 0.2) is 41.2 Å². The van der Waals surface area contributed by atoms with Gasteiger partial charge in [-0.05, 0) is 0 Å². The van der Waals surface area contributed by atoms with Crippen LogP contribution in [0.2, 0.25) is 0 Å². The Labute approximate surface area is 449 Å². The summed E-state index contributed by atoms with van der Waals surface area (Å²) in [6.07, 6.45) is -15.6. The molecular formula is C36H48N15O26P4+. The Kier molecular flexibility index (Phi) is 16.6. The number of hydrogen-bond acceptors (Lipinski definition) is 31. The molecule has 3 fully saturated rings. The van der Waals surface area contributed by atoms with Crippen molar-refractivity contribution in [2.75, 3.05) is 44.1 Å². The number of phosphoric ester groups is 3. The van der Waals surface area contributed by atoms with Crippen LogP contribution in [0.3, 0.4) is 0 Å². The van der Waals surface area contributed by atoms with Gasteiger partial charge in [0.25, 0.3) is 16.7 Å². The minimum atomic E-state index is -6.29. The number of phosphoric acid groups is 4. The van der Waals surface area contributed by atoms with Crippen LogP contribution in [0, 0.1) is 0 Å². The smallest absolute Gasteiger partial charge is 0.455 e. The average molecular weight is 1230 g/mol. The molecule has 41 nitrogen and oxygen atoms in total. The lowest BCUT2D eigenvalue weighted by Gasteiger charge is -2.26. The van der Waals surface area contributed by atoms with Crippen LogP contribution < -0.4 is 32.9 Å². The number of nitrogen functional groups attached to an aromatic ring is 3. The van der Waals surface area contributed by atoms with Crippen molar-refractivity contribution >= 4 is 94.4 Å². The number of methoxy groups -OCH3 is 1. The minimum absolute atomic E-state index is 0.00744. The molecule has 0 amide bonds. The molecule has 0 aliphatic carbocycles. The maximum atomic E-state index is 13.7. The van der Waals surface area contributed by atoms with Crippen molar-refractivity contribution in [3.05, 3.63) is 46.0 Å². The molecule has 10 unspecified atom stereocenters. The first-order chi connectivity index (χ1) is 38.0. The zero-order valence-electron chi connectivity index (χ0n) is 41.7. The van der Waals surface area contributed by atoms with E-state index in [4.69, 9.17) is 63.7 Å². The Balaban J connectivity index is 0.885. The molecule has 9 heterocycles. The highest BCUT2D eigenvalue weighted by molar-refractivity contribution is 7.66. The number of nitrogens with two attached hydrogens (primary N) is 3. The van der Waals surface area contributed by atoms with E-state index in [1.807, 2.05) is 0 Å². The number of imidazole rings is 3. The molecule has 0 aromatic carbocycles. The molecule has 3 aliphatic heterocycles. The minimum Gasteiger partial charge on any atom is -0.455 e. The third kappa shape index (κ3) is 12.5. The van der Waals surface area contributed by atoms with Crippen LogP contribution in [0.15, 0.2) is 34.9 Å². The number of hydrogen-bond donors (Lipinski definition) is 11. The molecule has 45 heteroatoms. The zero-order chi connectivity index (χ0) is 58.8. The second-order valence-corrected chi connectivity index (χ2v) is 23.7. The summed E-state index contributed by atoms with van der Waals surface area (Å²) in [4.78, 5) is 121. The number of carbonyl (C=O) groups excluding carboxylic acids is 2. The van der Waals surface area contributed by atoms with E-state index < -0.39 is 148 Å². The van der Waals surface area contributed by atoms with E-state index in [-0.39, 0.29) is 51.2 Å². The molecule has 442 valence electrons. The molecule has 0 spiro atoms. The van der Waals surface area contributed by atoms with E-state index in [2.05, 4.69) is 48.5 Å². The molecule has 0 saturated carbocycles. The number of aromatic nitrogens is 12. The number of anilines is 3. The van der Waals surface area contributed by atoms with E-state index in [9.17, 15) is 67.2 Å². The number of rotatable bonds is 21. The van der Waals surface area contributed by atoms with E-state index in [0.717, 1.165) is 49.1 Å². The Morgan fingerprint density at radius 2 is 1.16 bits per heavy atom. The van der Waals surface area contributed by atoms with Crippen molar-refractivity contribution in [1.82, 2.24) is 53.6 Å². The highest BCUT2D eigenvalue weighted by atomic mass is 31.3. The van der Waals surface area contributed by atoms with Crippen molar-refractivity contribution in [3.63, 3.8) is 0 Å². The van der Waals surface area contributed by atoms with Gasteiger partial charge in [-0.25, -0.2) is 42.8 Å². The van der Waals surface area contributed by atoms with Gasteiger partial charge in [0, 0.05) is 21.0 Å². The van der Waals surface area contributed by atoms with Gasteiger partial charge in [0.1, 0.15) is 54.6 Å². The van der Waals surface area contributed by atoms with Gasteiger partial charge in [-0.1, -0.05) is 0 Å². The fourth-order valence-corrected chi connectivity index (χ4v) is 13.4. The predicted octanol–water partition coefficient (Wildman–Crippen LogP) is -3.57. The average Bonchev–Trinajstić information content (AvgIpc) is 4.38. The van der Waals surface area contributed by atoms with Crippen molar-refractivity contribution in [2.45, 2.75) is 87.5 Å². The van der Waals surface area contributed by atoms with Crippen LogP contribution in [-0.4, -0.2) is 177 Å². The summed E-state index contributed by atoms with van der Waals surface area (Å²) >= 11 is 0.